The molecule has 22 heteroatoms. The fourth-order valence-corrected chi connectivity index (χ4v) is 7.39. The fourth-order valence-electron chi connectivity index (χ4n) is 6.99. The van der Waals surface area contributed by atoms with Gasteiger partial charge in [-0.1, -0.05) is 60.7 Å². The van der Waals surface area contributed by atoms with E-state index in [1.807, 2.05) is 65.6 Å². The zero-order chi connectivity index (χ0) is 48.6. The minimum Gasteiger partial charge on any atom is -0.468 e. The number of benzene rings is 4. The molecule has 3 fully saturated rings. The number of anilines is 2. The second-order valence-electron chi connectivity index (χ2n) is 15.6. The maximum Gasteiger partial charge on any atom is 0.414 e. The van der Waals surface area contributed by atoms with E-state index in [0.29, 0.717) is 35.6 Å². The Bertz CT molecular complexity index is 2510. The molecule has 4 aromatic carbocycles. The number of methoxy groups -OCH3 is 1. The van der Waals surface area contributed by atoms with Gasteiger partial charge in [0.2, 0.25) is 0 Å². The van der Waals surface area contributed by atoms with Crippen molar-refractivity contribution < 1.29 is 60.3 Å². The van der Waals surface area contributed by atoms with Gasteiger partial charge in [-0.15, -0.1) is 0 Å². The summed E-state index contributed by atoms with van der Waals surface area (Å²) in [5.41, 5.74) is 3.71. The maximum atomic E-state index is 12.5. The van der Waals surface area contributed by atoms with Crippen molar-refractivity contribution in [3.05, 3.63) is 131 Å². The lowest BCUT2D eigenvalue weighted by molar-refractivity contribution is -0.142. The molecule has 360 valence electrons. The number of ether oxygens (including phenoxy) is 5. The van der Waals surface area contributed by atoms with Crippen molar-refractivity contribution in [1.29, 1.82) is 10.8 Å². The third-order valence-electron chi connectivity index (χ3n) is 10.5. The Labute approximate surface area is 392 Å². The van der Waals surface area contributed by atoms with Crippen LogP contribution in [0.25, 0.3) is 0 Å². The number of carbonyl (C=O) groups is 5. The van der Waals surface area contributed by atoms with Crippen molar-refractivity contribution in [2.45, 2.75) is 25.4 Å². The van der Waals surface area contributed by atoms with Crippen LogP contribution in [-0.2, 0) is 56.0 Å². The molecule has 0 radical (unpaired) electrons. The van der Waals surface area contributed by atoms with Crippen molar-refractivity contribution in [1.82, 2.24) is 20.4 Å². The average molecular weight is 957 g/mol. The lowest BCUT2D eigenvalue weighted by Gasteiger charge is -2.34. The van der Waals surface area contributed by atoms with E-state index in [-0.39, 0.29) is 56.7 Å². The highest BCUT2D eigenvalue weighted by Crippen LogP contribution is 2.24. The van der Waals surface area contributed by atoms with Crippen molar-refractivity contribution in [2.75, 3.05) is 82.1 Å². The second-order valence-corrected chi connectivity index (χ2v) is 17.2. The predicted octanol–water partition coefficient (Wildman–Crippen LogP) is 4.29. The zero-order valence-electron chi connectivity index (χ0n) is 37.3. The van der Waals surface area contributed by atoms with Gasteiger partial charge < -0.3 is 23.7 Å². The number of nitrogens with zero attached hydrogens (tertiary/aromatic N) is 4. The van der Waals surface area contributed by atoms with Crippen LogP contribution in [-0.4, -0.2) is 145 Å². The van der Waals surface area contributed by atoms with E-state index in [4.69, 9.17) is 34.5 Å². The molecule has 2 unspecified atom stereocenters. The Morgan fingerprint density at radius 2 is 1.07 bits per heavy atom. The van der Waals surface area contributed by atoms with E-state index in [9.17, 15) is 32.4 Å². The van der Waals surface area contributed by atoms with E-state index in [1.165, 1.54) is 12.0 Å². The second kappa shape index (κ2) is 23.9. The molecule has 2 atom stereocenters. The van der Waals surface area contributed by atoms with E-state index >= 15 is 0 Å². The minimum absolute atomic E-state index is 0.0835. The minimum atomic E-state index is -3.63. The number of hydrogen-bond donors (Lipinski definition) is 4. The highest BCUT2D eigenvalue weighted by Gasteiger charge is 2.35. The van der Waals surface area contributed by atoms with Crippen LogP contribution in [0.1, 0.15) is 22.3 Å². The quantitative estimate of drug-likeness (QED) is 0.0426. The van der Waals surface area contributed by atoms with Crippen LogP contribution in [0.5, 0.6) is 0 Å². The van der Waals surface area contributed by atoms with Gasteiger partial charge in [-0.2, -0.15) is 8.42 Å². The van der Waals surface area contributed by atoms with Gasteiger partial charge in [0, 0.05) is 55.2 Å². The molecule has 68 heavy (non-hydrogen) atoms. The highest BCUT2D eigenvalue weighted by molar-refractivity contribution is 7.86. The van der Waals surface area contributed by atoms with Gasteiger partial charge in [0.15, 0.2) is 0 Å². The lowest BCUT2D eigenvalue weighted by atomic mass is 10.1. The molecule has 21 nitrogen and oxygen atoms in total. The highest BCUT2D eigenvalue weighted by atomic mass is 32.2. The standard InChI is InChI=1S/C26H31N5O6.C20H21N3O7S/c1-35-23(32)17-30-13-11-29(12-14-30)15-22-16-31(26(34)37-22)21-9-7-20(8-10-21)24(27)28-25(33)36-18-19-5-3-2-4-6-19;1-31(26,27)29-13-17-11-23(20(25)30-17)16-9-7-15(8-10-16)18(21)22-19(24)28-12-14-5-3-2-4-6-14/h2-10,22H,11-18H2,1H3,(H2,27,28,33);2-10,17H,11-13H2,1H3,(H2,21,22,24). The summed E-state index contributed by atoms with van der Waals surface area (Å²) in [6.07, 6.45) is -2.59. The van der Waals surface area contributed by atoms with Gasteiger partial charge >= 0.3 is 30.3 Å². The lowest BCUT2D eigenvalue weighted by Crippen LogP contribution is -2.50. The summed E-state index contributed by atoms with van der Waals surface area (Å²) in [7, 11) is -2.25. The predicted molar refractivity (Wildman–Crippen MR) is 247 cm³/mol. The summed E-state index contributed by atoms with van der Waals surface area (Å²) < 4.78 is 52.5. The Morgan fingerprint density at radius 3 is 1.51 bits per heavy atom. The van der Waals surface area contributed by atoms with E-state index in [0.717, 1.165) is 43.6 Å². The summed E-state index contributed by atoms with van der Waals surface area (Å²) in [5, 5.41) is 20.9. The zero-order valence-corrected chi connectivity index (χ0v) is 38.1. The number of piperazine rings is 1. The molecule has 3 heterocycles. The summed E-state index contributed by atoms with van der Waals surface area (Å²) in [5.74, 6) is -0.500. The van der Waals surface area contributed by atoms with Crippen LogP contribution in [0.2, 0.25) is 0 Å². The van der Waals surface area contributed by atoms with Crippen LogP contribution in [0, 0.1) is 10.8 Å². The molecule has 0 spiro atoms. The molecule has 3 saturated heterocycles. The summed E-state index contributed by atoms with van der Waals surface area (Å²) in [4.78, 5) is 67.1. The van der Waals surface area contributed by atoms with Crippen LogP contribution in [0.4, 0.5) is 30.6 Å². The largest absolute Gasteiger partial charge is 0.468 e. The molecule has 4 amide bonds. The van der Waals surface area contributed by atoms with Crippen LogP contribution < -0.4 is 20.4 Å². The first-order valence-electron chi connectivity index (χ1n) is 21.3. The molecule has 0 aromatic heterocycles. The monoisotopic (exact) mass is 956 g/mol. The van der Waals surface area contributed by atoms with Gasteiger partial charge in [0.25, 0.3) is 10.1 Å². The molecule has 0 saturated carbocycles. The Kier molecular flexibility index (Phi) is 17.6. The molecule has 0 aliphatic carbocycles. The summed E-state index contributed by atoms with van der Waals surface area (Å²) >= 11 is 0. The fraction of sp³-hybridized carbons (Fsp3) is 0.326. The Balaban J connectivity index is 0.000000228. The first-order chi connectivity index (χ1) is 32.6. The van der Waals surface area contributed by atoms with E-state index in [2.05, 4.69) is 19.7 Å². The van der Waals surface area contributed by atoms with Gasteiger partial charge in [0.05, 0.1) is 33.0 Å². The number of esters is 1. The third-order valence-corrected chi connectivity index (χ3v) is 11.1. The van der Waals surface area contributed by atoms with Crippen molar-refractivity contribution in [3.8, 4) is 0 Å². The number of amidine groups is 2. The smallest absolute Gasteiger partial charge is 0.414 e. The molecular weight excluding hydrogens is 905 g/mol. The van der Waals surface area contributed by atoms with E-state index < -0.39 is 40.6 Å². The maximum absolute atomic E-state index is 12.5. The first-order valence-corrected chi connectivity index (χ1v) is 23.1. The number of cyclic esters (lactones) is 2. The SMILES string of the molecule is COC(=O)CN1CCN(CC2CN(c3ccc(C(=N)NC(=O)OCc4ccccc4)cc3)C(=O)O2)CC1.CS(=O)(=O)OCC1CN(c2ccc(C(=N)NC(=O)OCc3ccccc3)cc2)C(=O)O1. The number of nitrogens with one attached hydrogen (secondary N) is 4. The number of amides is 4. The van der Waals surface area contributed by atoms with Gasteiger partial charge in [-0.3, -0.25) is 50.0 Å². The van der Waals surface area contributed by atoms with Crippen molar-refractivity contribution in [2.24, 2.45) is 0 Å². The molecule has 4 aromatic rings. The Hall–Kier alpha value is -7.40. The van der Waals surface area contributed by atoms with E-state index in [1.54, 1.807) is 53.4 Å². The van der Waals surface area contributed by atoms with Gasteiger partial charge in [0.1, 0.15) is 43.7 Å². The first kappa shape index (κ1) is 50.0. The summed E-state index contributed by atoms with van der Waals surface area (Å²) in [6.45, 7) is 4.43. The summed E-state index contributed by atoms with van der Waals surface area (Å²) in [6, 6.07) is 31.5. The number of hydrogen-bond acceptors (Lipinski definition) is 17. The molecule has 3 aliphatic rings. The van der Waals surface area contributed by atoms with Gasteiger partial charge in [-0.05, 0) is 59.7 Å². The van der Waals surface area contributed by atoms with Gasteiger partial charge in [-0.25, -0.2) is 19.2 Å². The average Bonchev–Trinajstić information content (AvgIpc) is 3.91. The van der Waals surface area contributed by atoms with Crippen LogP contribution in [0.3, 0.4) is 0 Å². The number of rotatable bonds is 15. The van der Waals surface area contributed by atoms with Crippen molar-refractivity contribution >= 4 is 63.5 Å². The number of carbonyl (C=O) groups excluding carboxylic acids is 5. The van der Waals surface area contributed by atoms with Crippen LogP contribution in [0.15, 0.2) is 109 Å². The van der Waals surface area contributed by atoms with Crippen LogP contribution >= 0.6 is 0 Å². The Morgan fingerprint density at radius 1 is 0.647 bits per heavy atom. The molecule has 4 N–H and O–H groups in total. The normalized spacial score (nSPS) is 17.2. The topological polar surface area (TPSA) is 260 Å². The molecule has 0 bridgehead atoms. The molecule has 7 rings (SSSR count). The molecule has 3 aliphatic heterocycles. The van der Waals surface area contributed by atoms with Crippen molar-refractivity contribution in [3.63, 3.8) is 0 Å². The third kappa shape index (κ3) is 15.3. The molecular formula is C46H52N8O13S. The number of alkyl carbamates (subject to hydrolysis) is 2.